The van der Waals surface area contributed by atoms with Crippen molar-refractivity contribution < 1.29 is 4.79 Å². The fourth-order valence-corrected chi connectivity index (χ4v) is 1.38. The zero-order valence-corrected chi connectivity index (χ0v) is 9.24. The standard InChI is InChI=1S/C11H11N5O/c1-2-5-11(17)13-9-6-3-4-7-10(9)16-8-12-14-15-16/h2-8H,1H3,(H,13,17). The van der Waals surface area contributed by atoms with Crippen molar-refractivity contribution in [2.75, 3.05) is 5.32 Å². The topological polar surface area (TPSA) is 72.7 Å². The van der Waals surface area contributed by atoms with E-state index in [1.165, 1.54) is 17.1 Å². The number of carbonyl (C=O) groups is 1. The fourth-order valence-electron chi connectivity index (χ4n) is 1.38. The Hall–Kier alpha value is -2.50. The largest absolute Gasteiger partial charge is 0.321 e. The molecule has 1 amide bonds. The number of hydrogen-bond acceptors (Lipinski definition) is 4. The van der Waals surface area contributed by atoms with Crippen molar-refractivity contribution in [3.8, 4) is 5.69 Å². The maximum Gasteiger partial charge on any atom is 0.248 e. The first-order valence-corrected chi connectivity index (χ1v) is 5.07. The maximum absolute atomic E-state index is 11.5. The summed E-state index contributed by atoms with van der Waals surface area (Å²) in [5, 5.41) is 13.7. The lowest BCUT2D eigenvalue weighted by Crippen LogP contribution is -2.10. The molecule has 0 atom stereocenters. The molecule has 0 saturated heterocycles. The van der Waals surface area contributed by atoms with Crippen molar-refractivity contribution >= 4 is 11.6 Å². The molecular formula is C11H11N5O. The van der Waals surface area contributed by atoms with Crippen molar-refractivity contribution in [3.05, 3.63) is 42.7 Å². The SMILES string of the molecule is CC=CC(=O)Nc1ccccc1-n1cnnn1. The van der Waals surface area contributed by atoms with E-state index in [4.69, 9.17) is 0 Å². The van der Waals surface area contributed by atoms with Gasteiger partial charge in [-0.15, -0.1) is 5.10 Å². The van der Waals surface area contributed by atoms with Crippen LogP contribution in [0.25, 0.3) is 5.69 Å². The summed E-state index contributed by atoms with van der Waals surface area (Å²) in [6, 6.07) is 7.29. The second kappa shape index (κ2) is 5.02. The highest BCUT2D eigenvalue weighted by Gasteiger charge is 2.06. The minimum absolute atomic E-state index is 0.187. The second-order valence-electron chi connectivity index (χ2n) is 3.26. The van der Waals surface area contributed by atoms with Crippen LogP contribution in [-0.4, -0.2) is 26.1 Å². The van der Waals surface area contributed by atoms with Gasteiger partial charge in [0, 0.05) is 0 Å². The van der Waals surface area contributed by atoms with E-state index in [2.05, 4.69) is 20.8 Å². The molecule has 6 nitrogen and oxygen atoms in total. The van der Waals surface area contributed by atoms with Gasteiger partial charge in [-0.05, 0) is 35.6 Å². The average molecular weight is 229 g/mol. The first-order valence-electron chi connectivity index (χ1n) is 5.07. The Balaban J connectivity index is 2.32. The van der Waals surface area contributed by atoms with E-state index in [1.807, 2.05) is 18.2 Å². The number of tetrazole rings is 1. The molecule has 0 radical (unpaired) electrons. The number of nitrogens with one attached hydrogen (secondary N) is 1. The van der Waals surface area contributed by atoms with Gasteiger partial charge in [-0.2, -0.15) is 4.68 Å². The van der Waals surface area contributed by atoms with Gasteiger partial charge in [-0.3, -0.25) is 4.79 Å². The minimum atomic E-state index is -0.187. The van der Waals surface area contributed by atoms with Crippen LogP contribution < -0.4 is 5.32 Å². The van der Waals surface area contributed by atoms with E-state index in [0.29, 0.717) is 5.69 Å². The summed E-state index contributed by atoms with van der Waals surface area (Å²) < 4.78 is 1.49. The van der Waals surface area contributed by atoms with Crippen LogP contribution in [0.1, 0.15) is 6.92 Å². The van der Waals surface area contributed by atoms with Crippen LogP contribution >= 0.6 is 0 Å². The molecule has 0 spiro atoms. The number of nitrogens with zero attached hydrogens (tertiary/aromatic N) is 4. The van der Waals surface area contributed by atoms with E-state index in [9.17, 15) is 4.79 Å². The quantitative estimate of drug-likeness (QED) is 0.802. The Morgan fingerprint density at radius 2 is 2.24 bits per heavy atom. The van der Waals surface area contributed by atoms with Gasteiger partial charge < -0.3 is 5.32 Å². The summed E-state index contributed by atoms with van der Waals surface area (Å²) >= 11 is 0. The summed E-state index contributed by atoms with van der Waals surface area (Å²) in [7, 11) is 0. The van der Waals surface area contributed by atoms with Crippen LogP contribution in [0, 0.1) is 0 Å². The molecule has 17 heavy (non-hydrogen) atoms. The highest BCUT2D eigenvalue weighted by Crippen LogP contribution is 2.18. The molecule has 0 aliphatic heterocycles. The first kappa shape index (κ1) is 11.0. The Morgan fingerprint density at radius 1 is 1.41 bits per heavy atom. The summed E-state index contributed by atoms with van der Waals surface area (Å²) in [5.41, 5.74) is 1.37. The predicted molar refractivity (Wildman–Crippen MR) is 62.6 cm³/mol. The van der Waals surface area contributed by atoms with Gasteiger partial charge in [0.1, 0.15) is 6.33 Å². The van der Waals surface area contributed by atoms with Gasteiger partial charge in [-0.25, -0.2) is 0 Å². The van der Waals surface area contributed by atoms with Gasteiger partial charge in [0.15, 0.2) is 0 Å². The van der Waals surface area contributed by atoms with Crippen LogP contribution in [0.4, 0.5) is 5.69 Å². The molecule has 6 heteroatoms. The lowest BCUT2D eigenvalue weighted by Gasteiger charge is -2.08. The molecule has 0 fully saturated rings. The van der Waals surface area contributed by atoms with Crippen LogP contribution in [-0.2, 0) is 4.79 Å². The number of hydrogen-bond donors (Lipinski definition) is 1. The summed E-state index contributed by atoms with van der Waals surface area (Å²) in [6.45, 7) is 1.78. The van der Waals surface area contributed by atoms with Gasteiger partial charge in [0.05, 0.1) is 11.4 Å². The smallest absolute Gasteiger partial charge is 0.248 e. The maximum atomic E-state index is 11.5. The zero-order valence-electron chi connectivity index (χ0n) is 9.24. The van der Waals surface area contributed by atoms with Crippen molar-refractivity contribution in [2.24, 2.45) is 0 Å². The summed E-state index contributed by atoms with van der Waals surface area (Å²) in [4.78, 5) is 11.5. The monoisotopic (exact) mass is 229 g/mol. The third kappa shape index (κ3) is 2.54. The molecule has 1 aromatic carbocycles. The third-order valence-corrected chi connectivity index (χ3v) is 2.08. The number of benzene rings is 1. The summed E-state index contributed by atoms with van der Waals surface area (Å²) in [5.74, 6) is -0.187. The Morgan fingerprint density at radius 3 is 2.94 bits per heavy atom. The molecular weight excluding hydrogens is 218 g/mol. The van der Waals surface area contributed by atoms with E-state index in [0.717, 1.165) is 5.69 Å². The van der Waals surface area contributed by atoms with E-state index in [1.54, 1.807) is 19.1 Å². The van der Waals surface area contributed by atoms with Crippen molar-refractivity contribution in [3.63, 3.8) is 0 Å². The van der Waals surface area contributed by atoms with Crippen molar-refractivity contribution in [2.45, 2.75) is 6.92 Å². The first-order chi connectivity index (χ1) is 8.31. The molecule has 0 unspecified atom stereocenters. The van der Waals surface area contributed by atoms with Gasteiger partial charge in [0.25, 0.3) is 0 Å². The van der Waals surface area contributed by atoms with Crippen LogP contribution in [0.3, 0.4) is 0 Å². The van der Waals surface area contributed by atoms with Crippen LogP contribution in [0.2, 0.25) is 0 Å². The third-order valence-electron chi connectivity index (χ3n) is 2.08. The lowest BCUT2D eigenvalue weighted by atomic mass is 10.2. The van der Waals surface area contributed by atoms with Gasteiger partial charge in [0.2, 0.25) is 5.91 Å². The zero-order chi connectivity index (χ0) is 12.1. The van der Waals surface area contributed by atoms with Crippen molar-refractivity contribution in [1.82, 2.24) is 20.2 Å². The van der Waals surface area contributed by atoms with Gasteiger partial charge in [-0.1, -0.05) is 18.2 Å². The molecule has 1 aromatic heterocycles. The summed E-state index contributed by atoms with van der Waals surface area (Å²) in [6.07, 6.45) is 4.60. The highest BCUT2D eigenvalue weighted by molar-refractivity contribution is 6.00. The van der Waals surface area contributed by atoms with Gasteiger partial charge >= 0.3 is 0 Å². The van der Waals surface area contributed by atoms with E-state index < -0.39 is 0 Å². The number of anilines is 1. The molecule has 1 N–H and O–H groups in total. The molecule has 86 valence electrons. The number of rotatable bonds is 3. The Bertz CT molecular complexity index is 533. The Labute approximate surface area is 98.0 Å². The highest BCUT2D eigenvalue weighted by atomic mass is 16.1. The molecule has 2 rings (SSSR count). The van der Waals surface area contributed by atoms with Crippen LogP contribution in [0.15, 0.2) is 42.7 Å². The molecule has 0 saturated carbocycles. The van der Waals surface area contributed by atoms with Crippen molar-refractivity contribution in [1.29, 1.82) is 0 Å². The molecule has 0 bridgehead atoms. The minimum Gasteiger partial charge on any atom is -0.321 e. The van der Waals surface area contributed by atoms with E-state index >= 15 is 0 Å². The van der Waals surface area contributed by atoms with Crippen LogP contribution in [0.5, 0.6) is 0 Å². The Kier molecular flexibility index (Phi) is 3.25. The number of allylic oxidation sites excluding steroid dienone is 1. The molecule has 1 heterocycles. The number of carbonyl (C=O) groups excluding carboxylic acids is 1. The number of amides is 1. The predicted octanol–water partition coefficient (Wildman–Crippen LogP) is 1.18. The average Bonchev–Trinajstić information content (AvgIpc) is 2.83. The normalized spacial score (nSPS) is 10.6. The molecule has 2 aromatic rings. The molecule has 0 aliphatic rings. The molecule has 0 aliphatic carbocycles. The lowest BCUT2D eigenvalue weighted by molar-refractivity contribution is -0.111. The van der Waals surface area contributed by atoms with E-state index in [-0.39, 0.29) is 5.91 Å². The number of aromatic nitrogens is 4. The fraction of sp³-hybridized carbons (Fsp3) is 0.0909. The number of para-hydroxylation sites is 2. The second-order valence-corrected chi connectivity index (χ2v) is 3.26.